The standard InChI is InChI=1S/C14H17NO4/c16-8-10-2-1-5-15(7-10)14(17)11-3-4-12-13(6-11)19-9-18-12/h3-4,6,10,16H,1-2,5,7-9H2/t10-/m1/s1. The predicted molar refractivity (Wildman–Crippen MR) is 68.3 cm³/mol. The number of aliphatic hydroxyl groups is 1. The molecule has 1 atom stereocenters. The minimum absolute atomic E-state index is 0.00329. The lowest BCUT2D eigenvalue weighted by Gasteiger charge is -2.31. The van der Waals surface area contributed by atoms with Crippen molar-refractivity contribution < 1.29 is 19.4 Å². The molecule has 2 heterocycles. The molecule has 1 fully saturated rings. The van der Waals surface area contributed by atoms with Crippen LogP contribution in [0.2, 0.25) is 0 Å². The van der Waals surface area contributed by atoms with Crippen molar-refractivity contribution >= 4 is 5.91 Å². The van der Waals surface area contributed by atoms with Gasteiger partial charge in [-0.15, -0.1) is 0 Å². The van der Waals surface area contributed by atoms with Gasteiger partial charge in [-0.3, -0.25) is 4.79 Å². The monoisotopic (exact) mass is 263 g/mol. The lowest BCUT2D eigenvalue weighted by Crippen LogP contribution is -2.40. The molecule has 3 rings (SSSR count). The van der Waals surface area contributed by atoms with E-state index in [1.54, 1.807) is 18.2 Å². The zero-order valence-electron chi connectivity index (χ0n) is 10.7. The zero-order valence-corrected chi connectivity index (χ0v) is 10.7. The minimum Gasteiger partial charge on any atom is -0.454 e. The molecule has 1 amide bonds. The van der Waals surface area contributed by atoms with Gasteiger partial charge in [-0.1, -0.05) is 0 Å². The second-order valence-electron chi connectivity index (χ2n) is 5.01. The van der Waals surface area contributed by atoms with Gasteiger partial charge in [0.1, 0.15) is 0 Å². The molecule has 0 spiro atoms. The fourth-order valence-electron chi connectivity index (χ4n) is 2.61. The number of fused-ring (bicyclic) bond motifs is 1. The van der Waals surface area contributed by atoms with Gasteiger partial charge in [0.2, 0.25) is 6.79 Å². The molecule has 19 heavy (non-hydrogen) atoms. The summed E-state index contributed by atoms with van der Waals surface area (Å²) in [7, 11) is 0. The number of nitrogens with zero attached hydrogens (tertiary/aromatic N) is 1. The van der Waals surface area contributed by atoms with Gasteiger partial charge in [-0.2, -0.15) is 0 Å². The van der Waals surface area contributed by atoms with E-state index in [2.05, 4.69) is 0 Å². The number of ether oxygens (including phenoxy) is 2. The Balaban J connectivity index is 1.76. The third-order valence-corrected chi connectivity index (χ3v) is 3.68. The molecule has 5 nitrogen and oxygen atoms in total. The molecule has 1 aromatic carbocycles. The summed E-state index contributed by atoms with van der Waals surface area (Å²) in [6, 6.07) is 5.26. The Hall–Kier alpha value is -1.75. The lowest BCUT2D eigenvalue weighted by atomic mass is 9.98. The third-order valence-electron chi connectivity index (χ3n) is 3.68. The Bertz CT molecular complexity index is 488. The van der Waals surface area contributed by atoms with E-state index < -0.39 is 0 Å². The number of aliphatic hydroxyl groups excluding tert-OH is 1. The van der Waals surface area contributed by atoms with Gasteiger partial charge in [0.15, 0.2) is 11.5 Å². The van der Waals surface area contributed by atoms with E-state index in [-0.39, 0.29) is 25.2 Å². The summed E-state index contributed by atoms with van der Waals surface area (Å²) in [6.45, 7) is 1.74. The number of carbonyl (C=O) groups excluding carboxylic acids is 1. The van der Waals surface area contributed by atoms with Crippen molar-refractivity contribution in [2.45, 2.75) is 12.8 Å². The van der Waals surface area contributed by atoms with Gasteiger partial charge in [0, 0.05) is 25.3 Å². The van der Waals surface area contributed by atoms with E-state index in [1.807, 2.05) is 4.90 Å². The van der Waals surface area contributed by atoms with Crippen LogP contribution in [-0.4, -0.2) is 42.4 Å². The minimum atomic E-state index is -0.00329. The molecule has 0 bridgehead atoms. The SMILES string of the molecule is O=C(c1ccc2c(c1)OCO2)N1CCC[C@@H](CO)C1. The number of rotatable bonds is 2. The van der Waals surface area contributed by atoms with E-state index in [1.165, 1.54) is 0 Å². The Labute approximate surface area is 111 Å². The summed E-state index contributed by atoms with van der Waals surface area (Å²) in [5.41, 5.74) is 0.614. The first-order chi connectivity index (χ1) is 9.28. The molecule has 0 unspecified atom stereocenters. The molecular weight excluding hydrogens is 246 g/mol. The summed E-state index contributed by atoms with van der Waals surface area (Å²) in [5, 5.41) is 9.21. The van der Waals surface area contributed by atoms with E-state index >= 15 is 0 Å². The summed E-state index contributed by atoms with van der Waals surface area (Å²) >= 11 is 0. The van der Waals surface area contributed by atoms with E-state index in [0.29, 0.717) is 23.6 Å². The first-order valence-corrected chi connectivity index (χ1v) is 6.57. The molecule has 0 aromatic heterocycles. The van der Waals surface area contributed by atoms with Gasteiger partial charge in [0.05, 0.1) is 0 Å². The molecule has 0 aliphatic carbocycles. The number of amides is 1. The third kappa shape index (κ3) is 2.38. The first kappa shape index (κ1) is 12.3. The van der Waals surface area contributed by atoms with Crippen LogP contribution in [0.15, 0.2) is 18.2 Å². The lowest BCUT2D eigenvalue weighted by molar-refractivity contribution is 0.0620. The fourth-order valence-corrected chi connectivity index (χ4v) is 2.61. The molecule has 1 aromatic rings. The van der Waals surface area contributed by atoms with Crippen LogP contribution in [0.1, 0.15) is 23.2 Å². The van der Waals surface area contributed by atoms with Crippen LogP contribution in [0.4, 0.5) is 0 Å². The number of piperidine rings is 1. The number of hydrogen-bond donors (Lipinski definition) is 1. The number of benzene rings is 1. The fraction of sp³-hybridized carbons (Fsp3) is 0.500. The number of carbonyl (C=O) groups is 1. The molecule has 1 N–H and O–H groups in total. The Morgan fingerprint density at radius 2 is 2.21 bits per heavy atom. The summed E-state index contributed by atoms with van der Waals surface area (Å²) < 4.78 is 10.5. The molecule has 2 aliphatic rings. The normalized spacial score (nSPS) is 21.5. The van der Waals surface area contributed by atoms with Crippen LogP contribution >= 0.6 is 0 Å². The maximum absolute atomic E-state index is 12.4. The Morgan fingerprint density at radius 3 is 3.05 bits per heavy atom. The van der Waals surface area contributed by atoms with Crippen molar-refractivity contribution in [3.05, 3.63) is 23.8 Å². The van der Waals surface area contributed by atoms with Crippen LogP contribution in [0.3, 0.4) is 0 Å². The maximum atomic E-state index is 12.4. The summed E-state index contributed by atoms with van der Waals surface area (Å²) in [4.78, 5) is 14.2. The average molecular weight is 263 g/mol. The van der Waals surface area contributed by atoms with Crippen LogP contribution < -0.4 is 9.47 Å². The number of likely N-dealkylation sites (tertiary alicyclic amines) is 1. The van der Waals surface area contributed by atoms with E-state index in [0.717, 1.165) is 19.4 Å². The predicted octanol–water partition coefficient (Wildman–Crippen LogP) is 1.26. The molecule has 0 saturated carbocycles. The van der Waals surface area contributed by atoms with Crippen molar-refractivity contribution in [1.82, 2.24) is 4.90 Å². The molecule has 102 valence electrons. The quantitative estimate of drug-likeness (QED) is 0.872. The van der Waals surface area contributed by atoms with E-state index in [4.69, 9.17) is 9.47 Å². The highest BCUT2D eigenvalue weighted by atomic mass is 16.7. The zero-order chi connectivity index (χ0) is 13.2. The summed E-state index contributed by atoms with van der Waals surface area (Å²) in [5.74, 6) is 1.51. The Kier molecular flexibility index (Phi) is 3.29. The van der Waals surface area contributed by atoms with Gasteiger partial charge >= 0.3 is 0 Å². The highest BCUT2D eigenvalue weighted by Crippen LogP contribution is 2.33. The van der Waals surface area contributed by atoms with Crippen molar-refractivity contribution in [1.29, 1.82) is 0 Å². The van der Waals surface area contributed by atoms with Crippen molar-refractivity contribution in [2.24, 2.45) is 5.92 Å². The highest BCUT2D eigenvalue weighted by molar-refractivity contribution is 5.95. The van der Waals surface area contributed by atoms with Crippen molar-refractivity contribution in [3.8, 4) is 11.5 Å². The topological polar surface area (TPSA) is 59.0 Å². The molecule has 5 heteroatoms. The van der Waals surface area contributed by atoms with Crippen LogP contribution in [0.25, 0.3) is 0 Å². The second-order valence-corrected chi connectivity index (χ2v) is 5.01. The molecule has 0 radical (unpaired) electrons. The van der Waals surface area contributed by atoms with Gasteiger partial charge in [0.25, 0.3) is 5.91 Å². The van der Waals surface area contributed by atoms with Gasteiger partial charge in [-0.25, -0.2) is 0 Å². The molecule has 1 saturated heterocycles. The summed E-state index contributed by atoms with van der Waals surface area (Å²) in [6.07, 6.45) is 1.93. The Morgan fingerprint density at radius 1 is 1.37 bits per heavy atom. The average Bonchev–Trinajstić information content (AvgIpc) is 2.94. The smallest absolute Gasteiger partial charge is 0.254 e. The number of hydrogen-bond acceptors (Lipinski definition) is 4. The van der Waals surface area contributed by atoms with Crippen LogP contribution in [0, 0.1) is 5.92 Å². The van der Waals surface area contributed by atoms with Crippen LogP contribution in [-0.2, 0) is 0 Å². The van der Waals surface area contributed by atoms with E-state index in [9.17, 15) is 9.90 Å². The van der Waals surface area contributed by atoms with Crippen LogP contribution in [0.5, 0.6) is 11.5 Å². The molecule has 2 aliphatic heterocycles. The first-order valence-electron chi connectivity index (χ1n) is 6.57. The van der Waals surface area contributed by atoms with Gasteiger partial charge < -0.3 is 19.5 Å². The van der Waals surface area contributed by atoms with Gasteiger partial charge in [-0.05, 0) is 37.0 Å². The van der Waals surface area contributed by atoms with Crippen molar-refractivity contribution in [3.63, 3.8) is 0 Å². The van der Waals surface area contributed by atoms with Crippen molar-refractivity contribution in [2.75, 3.05) is 26.5 Å². The second kappa shape index (κ2) is 5.09. The maximum Gasteiger partial charge on any atom is 0.254 e. The largest absolute Gasteiger partial charge is 0.454 e. The highest BCUT2D eigenvalue weighted by Gasteiger charge is 2.25. The molecular formula is C14H17NO4.